The van der Waals surface area contributed by atoms with E-state index < -0.39 is 11.5 Å². The number of ether oxygens (including phenoxy) is 1. The number of unbranched alkanes of at least 4 members (excludes halogenated alkanes) is 1. The summed E-state index contributed by atoms with van der Waals surface area (Å²) < 4.78 is 5.63. The van der Waals surface area contributed by atoms with Crippen molar-refractivity contribution in [1.29, 1.82) is 0 Å². The molecule has 0 aliphatic carbocycles. The number of carbonyl (C=O) groups is 1. The molecule has 3 aromatic rings. The molecule has 6 nitrogen and oxygen atoms in total. The predicted molar refractivity (Wildman–Crippen MR) is 113 cm³/mol. The van der Waals surface area contributed by atoms with Gasteiger partial charge in [-0.3, -0.25) is 4.79 Å². The van der Waals surface area contributed by atoms with Crippen molar-refractivity contribution in [2.75, 3.05) is 6.61 Å². The molecule has 0 radical (unpaired) electrons. The number of hydrogen-bond donors (Lipinski definition) is 2. The Morgan fingerprint density at radius 1 is 1.36 bits per heavy atom. The van der Waals surface area contributed by atoms with Crippen LogP contribution in [-0.2, 0) is 0 Å². The van der Waals surface area contributed by atoms with E-state index in [2.05, 4.69) is 16.9 Å². The molecule has 0 aliphatic rings. The normalized spacial score (nSPS) is 11.8. The summed E-state index contributed by atoms with van der Waals surface area (Å²) >= 11 is 7.31. The molecule has 1 aromatic carbocycles. The fourth-order valence-corrected chi connectivity index (χ4v) is 3.91. The molecule has 0 unspecified atom stereocenters. The van der Waals surface area contributed by atoms with Crippen molar-refractivity contribution in [3.63, 3.8) is 0 Å². The van der Waals surface area contributed by atoms with Crippen LogP contribution in [0.1, 0.15) is 46.4 Å². The van der Waals surface area contributed by atoms with E-state index in [4.69, 9.17) is 16.3 Å². The molecular formula is C20H19ClN2O4S. The molecule has 0 bridgehead atoms. The fourth-order valence-electron chi connectivity index (χ4n) is 2.67. The first-order chi connectivity index (χ1) is 13.4. The number of nitrogens with zero attached hydrogens (tertiary/aromatic N) is 1. The van der Waals surface area contributed by atoms with Crippen molar-refractivity contribution in [3.8, 4) is 5.75 Å². The summed E-state index contributed by atoms with van der Waals surface area (Å²) in [6, 6.07) is 7.43. The largest absolute Gasteiger partial charge is 0.494 e. The number of halogens is 1. The monoisotopic (exact) mass is 418 g/mol. The number of H-pyrrole nitrogens is 1. The number of carboxylic acids is 1. The maximum Gasteiger partial charge on any atom is 0.346 e. The van der Waals surface area contributed by atoms with Gasteiger partial charge in [-0.05, 0) is 42.7 Å². The Balaban J connectivity index is 1.89. The van der Waals surface area contributed by atoms with Gasteiger partial charge in [-0.2, -0.15) is 0 Å². The van der Waals surface area contributed by atoms with Gasteiger partial charge in [-0.1, -0.05) is 37.1 Å². The maximum absolute atomic E-state index is 12.4. The lowest BCUT2D eigenvalue weighted by molar-refractivity contribution is 0.0701. The van der Waals surface area contributed by atoms with Crippen LogP contribution in [0.15, 0.2) is 29.1 Å². The van der Waals surface area contributed by atoms with E-state index in [0.717, 1.165) is 35.5 Å². The molecule has 0 saturated carbocycles. The first-order valence-corrected chi connectivity index (χ1v) is 9.97. The number of nitrogens with one attached hydrogen (secondary N) is 1. The predicted octanol–water partition coefficient (Wildman–Crippen LogP) is 4.91. The summed E-state index contributed by atoms with van der Waals surface area (Å²) in [5, 5.41) is 9.78. The molecule has 3 rings (SSSR count). The van der Waals surface area contributed by atoms with Crippen LogP contribution in [-0.4, -0.2) is 27.7 Å². The molecule has 146 valence electrons. The van der Waals surface area contributed by atoms with Gasteiger partial charge in [0.1, 0.15) is 15.5 Å². The van der Waals surface area contributed by atoms with Gasteiger partial charge in [0.25, 0.3) is 5.56 Å². The minimum atomic E-state index is -1.08. The Morgan fingerprint density at radius 3 is 2.71 bits per heavy atom. The molecule has 0 spiro atoms. The van der Waals surface area contributed by atoms with Crippen LogP contribution in [0.25, 0.3) is 21.3 Å². The lowest BCUT2D eigenvalue weighted by Crippen LogP contribution is -2.10. The van der Waals surface area contributed by atoms with E-state index >= 15 is 0 Å². The number of benzene rings is 1. The number of aromatic nitrogens is 2. The Hall–Kier alpha value is -2.64. The Bertz CT molecular complexity index is 1100. The average Bonchev–Trinajstić information content (AvgIpc) is 3.00. The molecule has 0 amide bonds. The first kappa shape index (κ1) is 20.1. The van der Waals surface area contributed by atoms with Crippen LogP contribution in [0.2, 0.25) is 0 Å². The third kappa shape index (κ3) is 4.26. The quantitative estimate of drug-likeness (QED) is 0.532. The molecule has 2 aromatic heterocycles. The number of aromatic amines is 1. The molecule has 8 heteroatoms. The highest BCUT2D eigenvalue weighted by Gasteiger charge is 2.19. The van der Waals surface area contributed by atoms with E-state index in [-0.39, 0.29) is 21.1 Å². The minimum Gasteiger partial charge on any atom is -0.494 e. The molecule has 0 saturated heterocycles. The van der Waals surface area contributed by atoms with Crippen LogP contribution in [0.4, 0.5) is 0 Å². The molecular weight excluding hydrogens is 400 g/mol. The number of thiophene rings is 1. The van der Waals surface area contributed by atoms with E-state index in [1.807, 2.05) is 24.3 Å². The van der Waals surface area contributed by atoms with Gasteiger partial charge in [0.05, 0.1) is 17.0 Å². The van der Waals surface area contributed by atoms with Crippen molar-refractivity contribution in [3.05, 3.63) is 56.4 Å². The Morgan fingerprint density at radius 2 is 2.07 bits per heavy atom. The smallest absolute Gasteiger partial charge is 0.346 e. The Kier molecular flexibility index (Phi) is 6.16. The number of carboxylic acid groups (broad SMARTS) is 1. The van der Waals surface area contributed by atoms with Gasteiger partial charge in [0, 0.05) is 0 Å². The van der Waals surface area contributed by atoms with Crippen molar-refractivity contribution >= 4 is 50.2 Å². The molecule has 0 aliphatic heterocycles. The van der Waals surface area contributed by atoms with Gasteiger partial charge in [0.15, 0.2) is 5.82 Å². The van der Waals surface area contributed by atoms with E-state index in [0.29, 0.717) is 17.0 Å². The number of fused-ring (bicyclic) bond motifs is 1. The van der Waals surface area contributed by atoms with Crippen LogP contribution in [0.3, 0.4) is 0 Å². The van der Waals surface area contributed by atoms with Crippen molar-refractivity contribution in [1.82, 2.24) is 9.97 Å². The van der Waals surface area contributed by atoms with Gasteiger partial charge < -0.3 is 14.8 Å². The zero-order valence-corrected chi connectivity index (χ0v) is 17.0. The van der Waals surface area contributed by atoms with E-state index in [1.165, 1.54) is 0 Å². The van der Waals surface area contributed by atoms with Crippen molar-refractivity contribution in [2.24, 2.45) is 0 Å². The second kappa shape index (κ2) is 8.58. The van der Waals surface area contributed by atoms with Gasteiger partial charge in [0.2, 0.25) is 0 Å². The Labute approximate surface area is 170 Å². The fraction of sp³-hybridized carbons (Fsp3) is 0.250. The highest BCUT2D eigenvalue weighted by atomic mass is 35.5. The first-order valence-electron chi connectivity index (χ1n) is 8.77. The molecule has 0 fully saturated rings. The lowest BCUT2D eigenvalue weighted by Gasteiger charge is -2.05. The molecule has 0 atom stereocenters. The van der Waals surface area contributed by atoms with Crippen LogP contribution < -0.4 is 10.3 Å². The zero-order chi connectivity index (χ0) is 20.3. The summed E-state index contributed by atoms with van der Waals surface area (Å²) in [6.07, 6.45) is 3.75. The summed E-state index contributed by atoms with van der Waals surface area (Å²) in [4.78, 5) is 31.1. The number of aryl methyl sites for hydroxylation is 1. The van der Waals surface area contributed by atoms with Crippen LogP contribution in [0.5, 0.6) is 5.75 Å². The number of rotatable bonds is 7. The maximum atomic E-state index is 12.4. The summed E-state index contributed by atoms with van der Waals surface area (Å²) in [6.45, 7) is 4.38. The van der Waals surface area contributed by atoms with E-state index in [9.17, 15) is 14.7 Å². The SMILES string of the molecule is CCCCOc1ccc(/C=C(\Cl)c2nc3sc(C(=O)O)c(C)c3c(=O)[nH]2)cc1. The van der Waals surface area contributed by atoms with Crippen LogP contribution in [0, 0.1) is 6.92 Å². The second-order valence-corrected chi connectivity index (χ2v) is 7.63. The van der Waals surface area contributed by atoms with Gasteiger partial charge >= 0.3 is 5.97 Å². The third-order valence-electron chi connectivity index (χ3n) is 4.16. The van der Waals surface area contributed by atoms with Crippen molar-refractivity contribution < 1.29 is 14.6 Å². The molecule has 28 heavy (non-hydrogen) atoms. The highest BCUT2D eigenvalue weighted by molar-refractivity contribution is 7.20. The standard InChI is InChI=1S/C20H19ClN2O4S/c1-3-4-9-27-13-7-5-12(6-8-13)10-14(21)17-22-18(24)15-11(2)16(20(25)26)28-19(15)23-17/h5-8,10H,3-4,9H2,1-2H3,(H,25,26)(H,22,23,24)/b14-10-. The summed E-state index contributed by atoms with van der Waals surface area (Å²) in [5.74, 6) is -0.102. The van der Waals surface area contributed by atoms with Crippen LogP contribution >= 0.6 is 22.9 Å². The third-order valence-corrected chi connectivity index (χ3v) is 5.62. The number of hydrogen-bond acceptors (Lipinski definition) is 5. The second-order valence-electron chi connectivity index (χ2n) is 6.22. The van der Waals surface area contributed by atoms with Crippen molar-refractivity contribution in [2.45, 2.75) is 26.7 Å². The summed E-state index contributed by atoms with van der Waals surface area (Å²) in [5.41, 5.74) is 0.822. The molecule has 2 heterocycles. The topological polar surface area (TPSA) is 92.3 Å². The number of aromatic carboxylic acids is 1. The zero-order valence-electron chi connectivity index (χ0n) is 15.4. The highest BCUT2D eigenvalue weighted by Crippen LogP contribution is 2.28. The average molecular weight is 419 g/mol. The minimum absolute atomic E-state index is 0.101. The van der Waals surface area contributed by atoms with Gasteiger partial charge in [-0.15, -0.1) is 11.3 Å². The lowest BCUT2D eigenvalue weighted by atomic mass is 10.2. The van der Waals surface area contributed by atoms with Gasteiger partial charge in [-0.25, -0.2) is 9.78 Å². The van der Waals surface area contributed by atoms with E-state index in [1.54, 1.807) is 13.0 Å². The summed E-state index contributed by atoms with van der Waals surface area (Å²) in [7, 11) is 0. The molecule has 2 N–H and O–H groups in total.